The van der Waals surface area contributed by atoms with Crippen molar-refractivity contribution in [1.82, 2.24) is 24.8 Å². The van der Waals surface area contributed by atoms with Crippen molar-refractivity contribution >= 4 is 10.9 Å². The van der Waals surface area contributed by atoms with E-state index in [1.54, 1.807) is 13.3 Å². The van der Waals surface area contributed by atoms with E-state index in [0.29, 0.717) is 24.5 Å². The number of H-pyrrole nitrogens is 2. The molecule has 1 aliphatic heterocycles. The molecule has 3 aromatic heterocycles. The van der Waals surface area contributed by atoms with E-state index in [1.165, 1.54) is 10.9 Å². The summed E-state index contributed by atoms with van der Waals surface area (Å²) in [7, 11) is 1.68. The first-order valence-corrected chi connectivity index (χ1v) is 10.0. The lowest BCUT2D eigenvalue weighted by molar-refractivity contribution is 0.241. The van der Waals surface area contributed by atoms with Gasteiger partial charge < -0.3 is 14.7 Å². The smallest absolute Gasteiger partial charge is 0.254 e. The van der Waals surface area contributed by atoms with Gasteiger partial charge >= 0.3 is 0 Å². The Labute approximate surface area is 173 Å². The second-order valence-corrected chi connectivity index (χ2v) is 7.66. The number of benzene rings is 1. The zero-order valence-electron chi connectivity index (χ0n) is 17.0. The molecule has 2 N–H and O–H groups in total. The Balaban J connectivity index is 1.46. The number of rotatable bonds is 4. The minimum atomic E-state index is -0.0617. The van der Waals surface area contributed by atoms with Crippen LogP contribution in [0.25, 0.3) is 22.4 Å². The van der Waals surface area contributed by atoms with E-state index in [1.807, 2.05) is 24.3 Å². The number of hydrogen-bond donors (Lipinski definition) is 2. The van der Waals surface area contributed by atoms with Gasteiger partial charge in [0.2, 0.25) is 0 Å². The van der Waals surface area contributed by atoms with E-state index in [9.17, 15) is 4.79 Å². The molecule has 4 aromatic rings. The number of nitrogens with one attached hydrogen (secondary N) is 2. The molecule has 0 saturated heterocycles. The molecule has 1 aromatic carbocycles. The zero-order valence-corrected chi connectivity index (χ0v) is 17.0. The average molecular weight is 401 g/mol. The molecule has 0 atom stereocenters. The predicted octanol–water partition coefficient (Wildman–Crippen LogP) is 3.19. The van der Waals surface area contributed by atoms with E-state index in [4.69, 9.17) is 9.72 Å². The number of aryl methyl sites for hydroxylation is 1. The van der Waals surface area contributed by atoms with Crippen LogP contribution in [-0.2, 0) is 19.5 Å². The topological polar surface area (TPSA) is 86.9 Å². The lowest BCUT2D eigenvalue weighted by Crippen LogP contribution is -2.35. The van der Waals surface area contributed by atoms with Crippen molar-refractivity contribution < 1.29 is 4.74 Å². The molecule has 0 aliphatic carbocycles. The molecule has 0 spiro atoms. The van der Waals surface area contributed by atoms with Gasteiger partial charge in [-0.05, 0) is 49.2 Å². The fourth-order valence-corrected chi connectivity index (χ4v) is 4.17. The highest BCUT2D eigenvalue weighted by Crippen LogP contribution is 2.28. The fourth-order valence-electron chi connectivity index (χ4n) is 4.17. The van der Waals surface area contributed by atoms with Crippen LogP contribution in [0.5, 0.6) is 5.75 Å². The zero-order chi connectivity index (χ0) is 20.7. The predicted molar refractivity (Wildman–Crippen MR) is 115 cm³/mol. The van der Waals surface area contributed by atoms with E-state index >= 15 is 0 Å². The van der Waals surface area contributed by atoms with E-state index < -0.39 is 0 Å². The quantitative estimate of drug-likeness (QED) is 0.548. The molecule has 4 heterocycles. The third-order valence-electron chi connectivity index (χ3n) is 5.77. The molecule has 5 rings (SSSR count). The monoisotopic (exact) mass is 401 g/mol. The Morgan fingerprint density at radius 3 is 2.90 bits per heavy atom. The second kappa shape index (κ2) is 7.42. The van der Waals surface area contributed by atoms with Crippen LogP contribution in [0.4, 0.5) is 0 Å². The van der Waals surface area contributed by atoms with Gasteiger partial charge in [0, 0.05) is 48.0 Å². The van der Waals surface area contributed by atoms with Crippen molar-refractivity contribution in [2.24, 2.45) is 0 Å². The summed E-state index contributed by atoms with van der Waals surface area (Å²) in [6, 6.07) is 11.7. The number of pyridine rings is 1. The normalized spacial score (nSPS) is 14.1. The maximum Gasteiger partial charge on any atom is 0.254 e. The largest absolute Gasteiger partial charge is 0.497 e. The van der Waals surface area contributed by atoms with Crippen molar-refractivity contribution in [3.8, 4) is 17.3 Å². The molecule has 1 aliphatic rings. The first kappa shape index (κ1) is 18.6. The second-order valence-electron chi connectivity index (χ2n) is 7.66. The van der Waals surface area contributed by atoms with Gasteiger partial charge in [-0.3, -0.25) is 14.7 Å². The highest BCUT2D eigenvalue weighted by atomic mass is 16.5. The third kappa shape index (κ3) is 3.27. The first-order chi connectivity index (χ1) is 14.6. The summed E-state index contributed by atoms with van der Waals surface area (Å²) >= 11 is 0. The summed E-state index contributed by atoms with van der Waals surface area (Å²) in [5.74, 6) is 1.37. The number of hydrogen-bond acceptors (Lipinski definition) is 5. The average Bonchev–Trinajstić information content (AvgIpc) is 3.08. The summed E-state index contributed by atoms with van der Waals surface area (Å²) < 4.78 is 5.41. The summed E-state index contributed by atoms with van der Waals surface area (Å²) in [5, 5.41) is 1.17. The van der Waals surface area contributed by atoms with Crippen molar-refractivity contribution in [1.29, 1.82) is 0 Å². The maximum atomic E-state index is 12.6. The fraction of sp³-hybridized carbons (Fsp3) is 0.261. The Kier molecular flexibility index (Phi) is 4.59. The molecule has 0 amide bonds. The molecule has 7 heteroatoms. The van der Waals surface area contributed by atoms with Gasteiger partial charge in [0.25, 0.3) is 5.56 Å². The first-order valence-electron chi connectivity index (χ1n) is 10.0. The van der Waals surface area contributed by atoms with Crippen LogP contribution >= 0.6 is 0 Å². The van der Waals surface area contributed by atoms with Crippen molar-refractivity contribution in [2.75, 3.05) is 13.7 Å². The molecule has 0 bridgehead atoms. The minimum absolute atomic E-state index is 0.0617. The van der Waals surface area contributed by atoms with Crippen molar-refractivity contribution in [2.45, 2.75) is 26.4 Å². The van der Waals surface area contributed by atoms with Crippen LogP contribution in [-0.4, -0.2) is 38.5 Å². The molecule has 0 saturated carbocycles. The molecular formula is C23H23N5O2. The van der Waals surface area contributed by atoms with Gasteiger partial charge in [0.1, 0.15) is 11.4 Å². The van der Waals surface area contributed by atoms with Crippen molar-refractivity contribution in [3.63, 3.8) is 0 Å². The Bertz CT molecular complexity index is 1280. The van der Waals surface area contributed by atoms with Crippen LogP contribution in [0.1, 0.15) is 22.5 Å². The molecule has 0 radical (unpaired) electrons. The maximum absolute atomic E-state index is 12.6. The third-order valence-corrected chi connectivity index (χ3v) is 5.77. The van der Waals surface area contributed by atoms with Gasteiger partial charge in [-0.2, -0.15) is 0 Å². The summed E-state index contributed by atoms with van der Waals surface area (Å²) in [6.07, 6.45) is 2.39. The summed E-state index contributed by atoms with van der Waals surface area (Å²) in [6.45, 7) is 4.33. The lowest BCUT2D eigenvalue weighted by Gasteiger charge is -2.27. The highest BCUT2D eigenvalue weighted by Gasteiger charge is 2.23. The van der Waals surface area contributed by atoms with Crippen LogP contribution < -0.4 is 10.3 Å². The summed E-state index contributed by atoms with van der Waals surface area (Å²) in [4.78, 5) is 30.4. The van der Waals surface area contributed by atoms with Gasteiger partial charge in [0.15, 0.2) is 5.82 Å². The lowest BCUT2D eigenvalue weighted by atomic mass is 10.0. The van der Waals surface area contributed by atoms with Crippen LogP contribution in [0.3, 0.4) is 0 Å². The number of aromatic nitrogens is 4. The SMILES string of the molecule is COc1ccc2[nH]c(C)c(CN3CCc4c(nc(-c5ccccn5)[nH]c4=O)C3)c2c1. The van der Waals surface area contributed by atoms with Gasteiger partial charge in [0.05, 0.1) is 12.8 Å². The number of fused-ring (bicyclic) bond motifs is 2. The highest BCUT2D eigenvalue weighted by molar-refractivity contribution is 5.86. The summed E-state index contributed by atoms with van der Waals surface area (Å²) in [5.41, 5.74) is 5.73. The standard InChI is InChI=1S/C23H23N5O2/c1-14-18(17-11-15(30-2)6-7-19(17)25-14)12-28-10-8-16-21(13-28)26-22(27-23(16)29)20-5-3-4-9-24-20/h3-7,9,11,25H,8,10,12-13H2,1-2H3,(H,26,27,29). The number of nitrogens with zero attached hydrogens (tertiary/aromatic N) is 3. The molecular weight excluding hydrogens is 378 g/mol. The molecule has 0 unspecified atom stereocenters. The molecule has 7 nitrogen and oxygen atoms in total. The van der Waals surface area contributed by atoms with Crippen LogP contribution in [0.2, 0.25) is 0 Å². The van der Waals surface area contributed by atoms with Crippen LogP contribution in [0.15, 0.2) is 47.4 Å². The Hall–Kier alpha value is -3.45. The molecule has 152 valence electrons. The Morgan fingerprint density at radius 2 is 2.10 bits per heavy atom. The molecule has 30 heavy (non-hydrogen) atoms. The van der Waals surface area contributed by atoms with Gasteiger partial charge in [-0.15, -0.1) is 0 Å². The van der Waals surface area contributed by atoms with Crippen LogP contribution in [0, 0.1) is 6.92 Å². The van der Waals surface area contributed by atoms with Crippen molar-refractivity contribution in [3.05, 3.63) is 75.5 Å². The van der Waals surface area contributed by atoms with Gasteiger partial charge in [-0.25, -0.2) is 4.98 Å². The number of aromatic amines is 2. The van der Waals surface area contributed by atoms with E-state index in [2.05, 4.69) is 38.9 Å². The minimum Gasteiger partial charge on any atom is -0.497 e. The Morgan fingerprint density at radius 1 is 1.20 bits per heavy atom. The van der Waals surface area contributed by atoms with E-state index in [-0.39, 0.29) is 5.56 Å². The van der Waals surface area contributed by atoms with E-state index in [0.717, 1.165) is 41.3 Å². The number of methoxy groups -OCH3 is 1. The molecule has 0 fully saturated rings. The number of ether oxygens (including phenoxy) is 1. The van der Waals surface area contributed by atoms with Gasteiger partial charge in [-0.1, -0.05) is 6.07 Å².